The topological polar surface area (TPSA) is 70.4 Å². The minimum Gasteiger partial charge on any atom is -0.494 e. The number of aliphatic imine (C=N–C) groups is 1. The second kappa shape index (κ2) is 8.72. The smallest absolute Gasteiger partial charge is 0.262 e. The van der Waals surface area contributed by atoms with Crippen LogP contribution in [-0.4, -0.2) is 20.4 Å². The highest BCUT2D eigenvalue weighted by Gasteiger charge is 2.23. The van der Waals surface area contributed by atoms with E-state index in [1.54, 1.807) is 6.08 Å². The van der Waals surface area contributed by atoms with Crippen LogP contribution in [0.25, 0.3) is 17.3 Å². The maximum absolute atomic E-state index is 13.0. The monoisotopic (exact) mass is 465 g/mol. The Hall–Kier alpha value is -4.03. The van der Waals surface area contributed by atoms with E-state index in [0.717, 1.165) is 28.1 Å². The van der Waals surface area contributed by atoms with Crippen molar-refractivity contribution in [2.24, 2.45) is 4.99 Å². The number of para-hydroxylation sites is 1. The van der Waals surface area contributed by atoms with Gasteiger partial charge in [-0.15, -0.1) is 0 Å². The third-order valence-electron chi connectivity index (χ3n) is 5.96. The molecule has 0 spiro atoms. The standard InChI is InChI=1S/C28H23N3O2S/c1-17(2)18-12-14-20(15-13-18)31-27(33)23(26(32)30-28(31)34)16-22-21-10-6-7-11-24(21)29-25(22)19-8-4-3-5-9-19/h3-17,33H,1-2H3,(H,30,32,34)/b22-16+. The number of aromatic amines is 1. The molecule has 0 radical (unpaired) electrons. The molecule has 1 aromatic heterocycles. The number of H-pyrrole nitrogens is 1. The first-order valence-corrected chi connectivity index (χ1v) is 11.5. The lowest BCUT2D eigenvalue weighted by Crippen LogP contribution is -2.16. The first-order chi connectivity index (χ1) is 16.4. The Morgan fingerprint density at radius 2 is 1.65 bits per heavy atom. The fourth-order valence-corrected chi connectivity index (χ4v) is 4.41. The van der Waals surface area contributed by atoms with Crippen molar-refractivity contribution in [2.75, 3.05) is 0 Å². The van der Waals surface area contributed by atoms with Gasteiger partial charge < -0.3 is 5.11 Å². The molecule has 3 aromatic carbocycles. The molecule has 0 unspecified atom stereocenters. The van der Waals surface area contributed by atoms with Crippen LogP contribution in [0, 0.1) is 4.77 Å². The zero-order valence-corrected chi connectivity index (χ0v) is 19.6. The quantitative estimate of drug-likeness (QED) is 0.343. The van der Waals surface area contributed by atoms with Crippen LogP contribution in [-0.2, 0) is 0 Å². The van der Waals surface area contributed by atoms with Gasteiger partial charge in [-0.25, -0.2) is 4.99 Å². The summed E-state index contributed by atoms with van der Waals surface area (Å²) in [5.41, 5.74) is 5.67. The molecular weight excluding hydrogens is 442 g/mol. The van der Waals surface area contributed by atoms with E-state index >= 15 is 0 Å². The van der Waals surface area contributed by atoms with Crippen LogP contribution in [0.15, 0.2) is 88.6 Å². The molecule has 2 N–H and O–H groups in total. The van der Waals surface area contributed by atoms with Gasteiger partial charge in [-0.3, -0.25) is 14.3 Å². The number of rotatable bonds is 4. The summed E-state index contributed by atoms with van der Waals surface area (Å²) in [5, 5.41) is 11.2. The van der Waals surface area contributed by atoms with Crippen molar-refractivity contribution in [1.82, 2.24) is 9.55 Å². The van der Waals surface area contributed by atoms with Crippen molar-refractivity contribution in [3.63, 3.8) is 0 Å². The lowest BCUT2D eigenvalue weighted by atomic mass is 9.96. The molecule has 0 saturated carbocycles. The van der Waals surface area contributed by atoms with E-state index in [1.807, 2.05) is 78.9 Å². The summed E-state index contributed by atoms with van der Waals surface area (Å²) in [4.78, 5) is 20.5. The number of hydrogen-bond donors (Lipinski definition) is 2. The molecule has 2 heterocycles. The molecule has 0 atom stereocenters. The highest BCUT2D eigenvalue weighted by molar-refractivity contribution is 7.71. The summed E-state index contributed by atoms with van der Waals surface area (Å²) in [6, 6.07) is 25.3. The molecular formula is C28H23N3O2S. The van der Waals surface area contributed by atoms with Gasteiger partial charge in [0.15, 0.2) is 4.77 Å². The van der Waals surface area contributed by atoms with Crippen LogP contribution in [0.5, 0.6) is 5.88 Å². The summed E-state index contributed by atoms with van der Waals surface area (Å²) >= 11 is 5.40. The number of nitrogens with one attached hydrogen (secondary N) is 1. The van der Waals surface area contributed by atoms with Gasteiger partial charge in [0.2, 0.25) is 5.88 Å². The molecule has 0 fully saturated rings. The first kappa shape index (κ1) is 21.8. The maximum Gasteiger partial charge on any atom is 0.262 e. The maximum atomic E-state index is 13.0. The summed E-state index contributed by atoms with van der Waals surface area (Å²) in [6.07, 6.45) is 1.69. The predicted octanol–water partition coefficient (Wildman–Crippen LogP) is 6.40. The lowest BCUT2D eigenvalue weighted by molar-refractivity contribution is 0.432. The van der Waals surface area contributed by atoms with Gasteiger partial charge in [-0.05, 0) is 48.0 Å². The van der Waals surface area contributed by atoms with E-state index in [0.29, 0.717) is 11.6 Å². The lowest BCUT2D eigenvalue weighted by Gasteiger charge is -2.14. The van der Waals surface area contributed by atoms with E-state index in [1.165, 1.54) is 10.1 Å². The van der Waals surface area contributed by atoms with Crippen LogP contribution in [0.4, 0.5) is 5.69 Å². The van der Waals surface area contributed by atoms with Gasteiger partial charge in [-0.2, -0.15) is 0 Å². The Labute approximate surface area is 202 Å². The third kappa shape index (κ3) is 3.82. The average Bonchev–Trinajstić information content (AvgIpc) is 3.21. The molecule has 4 aromatic rings. The van der Waals surface area contributed by atoms with Gasteiger partial charge in [0, 0.05) is 16.7 Å². The molecule has 168 valence electrons. The van der Waals surface area contributed by atoms with Gasteiger partial charge in [-0.1, -0.05) is 74.5 Å². The molecule has 1 aliphatic rings. The first-order valence-electron chi connectivity index (χ1n) is 11.1. The number of aromatic hydroxyl groups is 1. The zero-order chi connectivity index (χ0) is 23.8. The van der Waals surface area contributed by atoms with Crippen LogP contribution in [0.3, 0.4) is 0 Å². The number of hydrogen-bond acceptors (Lipinski definition) is 4. The number of aromatic nitrogens is 2. The SMILES string of the molecule is CC(C)c1ccc(-n2c(O)c(/C=C3/C(c4ccccc4)=Nc4ccccc43)c(=O)[nH]c2=S)cc1. The summed E-state index contributed by atoms with van der Waals surface area (Å²) in [5.74, 6) is 0.167. The van der Waals surface area contributed by atoms with Crippen molar-refractivity contribution in [2.45, 2.75) is 19.8 Å². The average molecular weight is 466 g/mol. The Balaban J connectivity index is 1.70. The van der Waals surface area contributed by atoms with Crippen molar-refractivity contribution < 1.29 is 5.11 Å². The van der Waals surface area contributed by atoms with E-state index in [9.17, 15) is 9.90 Å². The Bertz CT molecular complexity index is 1560. The van der Waals surface area contributed by atoms with Gasteiger partial charge >= 0.3 is 0 Å². The van der Waals surface area contributed by atoms with Crippen LogP contribution < -0.4 is 5.56 Å². The van der Waals surface area contributed by atoms with Crippen molar-refractivity contribution in [3.05, 3.63) is 116 Å². The van der Waals surface area contributed by atoms with E-state index < -0.39 is 5.56 Å². The molecule has 5 nitrogen and oxygen atoms in total. The van der Waals surface area contributed by atoms with Crippen molar-refractivity contribution >= 4 is 35.3 Å². The van der Waals surface area contributed by atoms with E-state index in [-0.39, 0.29) is 16.2 Å². The fraction of sp³-hybridized carbons (Fsp3) is 0.107. The fourth-order valence-electron chi connectivity index (χ4n) is 4.13. The largest absolute Gasteiger partial charge is 0.494 e. The Morgan fingerprint density at radius 3 is 2.35 bits per heavy atom. The minimum absolute atomic E-state index is 0.122. The number of benzene rings is 3. The van der Waals surface area contributed by atoms with Crippen molar-refractivity contribution in [3.8, 4) is 11.6 Å². The Kier molecular flexibility index (Phi) is 5.59. The van der Waals surface area contributed by atoms with Gasteiger partial charge in [0.25, 0.3) is 5.56 Å². The Morgan fingerprint density at radius 1 is 0.971 bits per heavy atom. The number of fused-ring (bicyclic) bond motifs is 1. The van der Waals surface area contributed by atoms with E-state index in [4.69, 9.17) is 17.2 Å². The van der Waals surface area contributed by atoms with Crippen LogP contribution >= 0.6 is 12.2 Å². The number of nitrogens with zero attached hydrogens (tertiary/aromatic N) is 2. The summed E-state index contributed by atoms with van der Waals surface area (Å²) in [7, 11) is 0. The number of allylic oxidation sites excluding steroid dienone is 1. The molecule has 1 aliphatic heterocycles. The summed E-state index contributed by atoms with van der Waals surface area (Å²) < 4.78 is 1.61. The molecule has 0 aliphatic carbocycles. The molecule has 6 heteroatoms. The molecule has 0 amide bonds. The molecule has 5 rings (SSSR count). The molecule has 0 saturated heterocycles. The second-order valence-corrected chi connectivity index (χ2v) is 8.87. The van der Waals surface area contributed by atoms with Crippen LogP contribution in [0.2, 0.25) is 0 Å². The van der Waals surface area contributed by atoms with Crippen LogP contribution in [0.1, 0.15) is 42.0 Å². The van der Waals surface area contributed by atoms with Gasteiger partial charge in [0.05, 0.1) is 17.1 Å². The second-order valence-electron chi connectivity index (χ2n) is 8.48. The normalized spacial score (nSPS) is 13.9. The third-order valence-corrected chi connectivity index (χ3v) is 6.24. The van der Waals surface area contributed by atoms with E-state index in [2.05, 4.69) is 18.8 Å². The zero-order valence-electron chi connectivity index (χ0n) is 18.8. The highest BCUT2D eigenvalue weighted by Crippen LogP contribution is 2.38. The van der Waals surface area contributed by atoms with Crippen molar-refractivity contribution in [1.29, 1.82) is 0 Å². The molecule has 0 bridgehead atoms. The minimum atomic E-state index is -0.457. The predicted molar refractivity (Wildman–Crippen MR) is 140 cm³/mol. The molecule has 34 heavy (non-hydrogen) atoms. The van der Waals surface area contributed by atoms with Gasteiger partial charge in [0.1, 0.15) is 5.56 Å². The summed E-state index contributed by atoms with van der Waals surface area (Å²) in [6.45, 7) is 4.24. The highest BCUT2D eigenvalue weighted by atomic mass is 32.1.